The Morgan fingerprint density at radius 2 is 1.90 bits per heavy atom. The van der Waals surface area contributed by atoms with Crippen molar-refractivity contribution in [3.8, 4) is 17.2 Å². The molecule has 2 aromatic heterocycles. The van der Waals surface area contributed by atoms with Crippen molar-refractivity contribution >= 4 is 40.3 Å². The minimum absolute atomic E-state index is 0.0787. The maximum absolute atomic E-state index is 12.6. The molecule has 9 heteroatoms. The molecule has 0 bridgehead atoms. The van der Waals surface area contributed by atoms with Crippen LogP contribution in [0.1, 0.15) is 16.7 Å². The first-order valence-electron chi connectivity index (χ1n) is 8.86. The Morgan fingerprint density at radius 3 is 2.60 bits per heavy atom. The van der Waals surface area contributed by atoms with Crippen LogP contribution in [0.5, 0.6) is 5.75 Å². The lowest BCUT2D eigenvalue weighted by Gasteiger charge is -2.17. The van der Waals surface area contributed by atoms with Gasteiger partial charge in [-0.2, -0.15) is 0 Å². The van der Waals surface area contributed by atoms with E-state index in [0.717, 1.165) is 5.56 Å². The number of benzene rings is 2. The number of rotatable bonds is 4. The monoisotopic (exact) mass is 421 g/mol. The predicted molar refractivity (Wildman–Crippen MR) is 112 cm³/mol. The topological polar surface area (TPSA) is 117 Å². The summed E-state index contributed by atoms with van der Waals surface area (Å²) in [6.07, 6.45) is 4.59. The molecule has 8 nitrogen and oxygen atoms in total. The number of aromatic nitrogens is 2. The fourth-order valence-electron chi connectivity index (χ4n) is 3.10. The van der Waals surface area contributed by atoms with Gasteiger partial charge in [0.05, 0.1) is 15.6 Å². The van der Waals surface area contributed by atoms with Gasteiger partial charge in [-0.1, -0.05) is 11.6 Å². The number of nitro benzene ring substituents is 1. The molecule has 0 radical (unpaired) electrons. The Labute approximate surface area is 175 Å². The summed E-state index contributed by atoms with van der Waals surface area (Å²) in [5.74, 6) is -0.266. The molecule has 0 N–H and O–H groups in total. The molecular formula is C21H14ClN4O4-. The summed E-state index contributed by atoms with van der Waals surface area (Å²) < 4.78 is 5.75. The molecular weight excluding hydrogens is 408 g/mol. The van der Waals surface area contributed by atoms with Crippen molar-refractivity contribution in [2.24, 2.45) is 4.99 Å². The molecule has 0 amide bonds. The van der Waals surface area contributed by atoms with Gasteiger partial charge in [0.25, 0.3) is 5.69 Å². The molecule has 2 heterocycles. The first kappa shape index (κ1) is 19.5. The predicted octanol–water partition coefficient (Wildman–Crippen LogP) is 4.89. The van der Waals surface area contributed by atoms with E-state index in [2.05, 4.69) is 15.0 Å². The minimum atomic E-state index is -0.720. The Hall–Kier alpha value is -3.78. The van der Waals surface area contributed by atoms with Crippen LogP contribution in [0.4, 0.5) is 11.4 Å². The molecule has 0 saturated carbocycles. The Kier molecular flexibility index (Phi) is 4.93. The van der Waals surface area contributed by atoms with Gasteiger partial charge in [-0.25, -0.2) is 4.98 Å². The van der Waals surface area contributed by atoms with Crippen molar-refractivity contribution in [1.82, 2.24) is 9.97 Å². The van der Waals surface area contributed by atoms with Crippen LogP contribution in [-0.4, -0.2) is 21.1 Å². The van der Waals surface area contributed by atoms with E-state index in [4.69, 9.17) is 16.0 Å². The SMILES string of the molecule is Cc1c(Cl)c(C)c([N+](=O)[O-])c([O-])c1C=Nc1ccc2oc(-c3ccncc3)nc2c1. The van der Waals surface area contributed by atoms with E-state index in [9.17, 15) is 15.2 Å². The lowest BCUT2D eigenvalue weighted by atomic mass is 10.0. The molecule has 0 fully saturated rings. The third kappa shape index (κ3) is 3.37. The van der Waals surface area contributed by atoms with Gasteiger partial charge in [-0.3, -0.25) is 20.1 Å². The van der Waals surface area contributed by atoms with Gasteiger partial charge < -0.3 is 9.52 Å². The van der Waals surface area contributed by atoms with Crippen molar-refractivity contribution in [2.45, 2.75) is 13.8 Å². The second-order valence-electron chi connectivity index (χ2n) is 6.58. The molecule has 30 heavy (non-hydrogen) atoms. The second kappa shape index (κ2) is 7.57. The summed E-state index contributed by atoms with van der Waals surface area (Å²) in [5, 5.41) is 24.0. The number of hydrogen-bond donors (Lipinski definition) is 0. The van der Waals surface area contributed by atoms with Gasteiger partial charge in [-0.05, 0) is 61.1 Å². The molecule has 0 aliphatic heterocycles. The summed E-state index contributed by atoms with van der Waals surface area (Å²) >= 11 is 6.19. The van der Waals surface area contributed by atoms with Crippen LogP contribution in [0.3, 0.4) is 0 Å². The number of nitro groups is 1. The largest absolute Gasteiger partial charge is 0.867 e. The van der Waals surface area contributed by atoms with Crippen LogP contribution in [0.2, 0.25) is 5.02 Å². The summed E-state index contributed by atoms with van der Waals surface area (Å²) in [4.78, 5) is 23.3. The number of fused-ring (bicyclic) bond motifs is 1. The molecule has 0 unspecified atom stereocenters. The highest BCUT2D eigenvalue weighted by Crippen LogP contribution is 2.38. The van der Waals surface area contributed by atoms with Gasteiger partial charge in [0, 0.05) is 29.7 Å². The van der Waals surface area contributed by atoms with Crippen LogP contribution in [0.25, 0.3) is 22.6 Å². The summed E-state index contributed by atoms with van der Waals surface area (Å²) in [6.45, 7) is 3.08. The van der Waals surface area contributed by atoms with Gasteiger partial charge in [-0.15, -0.1) is 0 Å². The average Bonchev–Trinajstić information content (AvgIpc) is 3.16. The Bertz CT molecular complexity index is 1320. The highest BCUT2D eigenvalue weighted by molar-refractivity contribution is 6.33. The molecule has 0 atom stereocenters. The van der Waals surface area contributed by atoms with E-state index in [1.54, 1.807) is 49.6 Å². The summed E-state index contributed by atoms with van der Waals surface area (Å²) in [6, 6.07) is 8.69. The Balaban J connectivity index is 1.73. The minimum Gasteiger partial charge on any atom is -0.867 e. The van der Waals surface area contributed by atoms with Crippen LogP contribution < -0.4 is 5.11 Å². The molecule has 4 aromatic rings. The maximum atomic E-state index is 12.6. The Morgan fingerprint density at radius 1 is 1.17 bits per heavy atom. The second-order valence-corrected chi connectivity index (χ2v) is 6.96. The number of halogens is 1. The van der Waals surface area contributed by atoms with Gasteiger partial charge >= 0.3 is 0 Å². The average molecular weight is 422 g/mol. The van der Waals surface area contributed by atoms with E-state index < -0.39 is 16.4 Å². The highest BCUT2D eigenvalue weighted by Gasteiger charge is 2.20. The maximum Gasteiger partial charge on any atom is 0.266 e. The molecule has 0 aliphatic rings. The lowest BCUT2D eigenvalue weighted by molar-refractivity contribution is -0.398. The quantitative estimate of drug-likeness (QED) is 0.263. The van der Waals surface area contributed by atoms with Crippen molar-refractivity contribution in [3.63, 3.8) is 0 Å². The van der Waals surface area contributed by atoms with Crippen LogP contribution in [0, 0.1) is 24.0 Å². The number of pyridine rings is 1. The lowest BCUT2D eigenvalue weighted by Crippen LogP contribution is -2.07. The summed E-state index contributed by atoms with van der Waals surface area (Å²) in [7, 11) is 0. The molecule has 0 spiro atoms. The third-order valence-corrected chi connectivity index (χ3v) is 5.27. The fraction of sp³-hybridized carbons (Fsp3) is 0.0952. The van der Waals surface area contributed by atoms with Crippen molar-refractivity contribution in [3.05, 3.63) is 74.6 Å². The number of aliphatic imine (C=N–C) groups is 1. The van der Waals surface area contributed by atoms with E-state index in [0.29, 0.717) is 28.2 Å². The molecule has 0 aliphatic carbocycles. The number of nitrogens with zero attached hydrogens (tertiary/aromatic N) is 4. The van der Waals surface area contributed by atoms with Crippen molar-refractivity contribution in [2.75, 3.05) is 0 Å². The van der Waals surface area contributed by atoms with Crippen LogP contribution in [0.15, 0.2) is 52.1 Å². The molecule has 0 saturated heterocycles. The first-order chi connectivity index (χ1) is 14.4. The number of oxazole rings is 1. The van der Waals surface area contributed by atoms with Crippen LogP contribution >= 0.6 is 11.6 Å². The first-order valence-corrected chi connectivity index (χ1v) is 9.23. The standard InChI is InChI=1S/C21H15ClN4O4/c1-11-15(20(27)19(26(28)29)12(2)18(11)22)10-24-14-3-4-17-16(9-14)25-21(30-17)13-5-7-23-8-6-13/h3-10,27H,1-2H3/p-1. The number of hydrogen-bond acceptors (Lipinski definition) is 7. The fourth-order valence-corrected chi connectivity index (χ4v) is 3.29. The normalized spacial score (nSPS) is 11.4. The molecule has 2 aromatic carbocycles. The van der Waals surface area contributed by atoms with E-state index in [1.807, 2.05) is 0 Å². The van der Waals surface area contributed by atoms with Crippen molar-refractivity contribution in [1.29, 1.82) is 0 Å². The van der Waals surface area contributed by atoms with Crippen LogP contribution in [-0.2, 0) is 0 Å². The zero-order chi connectivity index (χ0) is 21.4. The zero-order valence-electron chi connectivity index (χ0n) is 15.9. The smallest absolute Gasteiger partial charge is 0.266 e. The van der Waals surface area contributed by atoms with Gasteiger partial charge in [0.1, 0.15) is 5.52 Å². The van der Waals surface area contributed by atoms with Gasteiger partial charge in [0.2, 0.25) is 5.89 Å². The molecule has 4 rings (SSSR count). The molecule has 150 valence electrons. The van der Waals surface area contributed by atoms with E-state index in [-0.39, 0.29) is 16.1 Å². The zero-order valence-corrected chi connectivity index (χ0v) is 16.7. The highest BCUT2D eigenvalue weighted by atomic mass is 35.5. The van der Waals surface area contributed by atoms with Crippen molar-refractivity contribution < 1.29 is 14.4 Å². The van der Waals surface area contributed by atoms with E-state index in [1.165, 1.54) is 13.1 Å². The van der Waals surface area contributed by atoms with E-state index >= 15 is 0 Å². The summed E-state index contributed by atoms with van der Waals surface area (Å²) in [5.41, 5.74) is 2.59. The van der Waals surface area contributed by atoms with Gasteiger partial charge in [0.15, 0.2) is 5.58 Å². The third-order valence-electron chi connectivity index (χ3n) is 4.70.